The normalized spacial score (nSPS) is 26.5. The second-order valence-electron chi connectivity index (χ2n) is 11.2. The second-order valence-corrected chi connectivity index (χ2v) is 11.2. The Hall–Kier alpha value is -3.40. The van der Waals surface area contributed by atoms with Gasteiger partial charge in [0.1, 0.15) is 0 Å². The lowest BCUT2D eigenvalue weighted by Gasteiger charge is -2.43. The van der Waals surface area contributed by atoms with Crippen LogP contribution in [0.4, 0.5) is 5.69 Å². The molecule has 8 heteroatoms. The van der Waals surface area contributed by atoms with E-state index in [9.17, 15) is 14.7 Å². The van der Waals surface area contributed by atoms with Crippen molar-refractivity contribution in [1.29, 1.82) is 0 Å². The summed E-state index contributed by atoms with van der Waals surface area (Å²) < 4.78 is 18.8. The average molecular weight is 557 g/mol. The molecule has 0 saturated carbocycles. The first-order chi connectivity index (χ1) is 20.0. The first kappa shape index (κ1) is 27.8. The van der Waals surface area contributed by atoms with E-state index in [1.807, 2.05) is 42.5 Å². The Kier molecular flexibility index (Phi) is 8.01. The van der Waals surface area contributed by atoms with Gasteiger partial charge in [-0.1, -0.05) is 55.5 Å². The molecule has 2 amide bonds. The van der Waals surface area contributed by atoms with Crippen LogP contribution in [0.3, 0.4) is 0 Å². The summed E-state index contributed by atoms with van der Waals surface area (Å²) in [5, 5.41) is 9.54. The fourth-order valence-electron chi connectivity index (χ4n) is 6.31. The molecule has 3 aromatic carbocycles. The fourth-order valence-corrected chi connectivity index (χ4v) is 6.31. The molecule has 0 radical (unpaired) electrons. The minimum Gasteiger partial charge on any atom is -0.392 e. The molecule has 2 saturated heterocycles. The van der Waals surface area contributed by atoms with Crippen LogP contribution in [0, 0.1) is 5.92 Å². The number of aliphatic hydroxyl groups is 1. The lowest BCUT2D eigenvalue weighted by Crippen LogP contribution is -2.46. The number of ether oxygens (including phenoxy) is 3. The molecule has 41 heavy (non-hydrogen) atoms. The number of methoxy groups -OCH3 is 1. The van der Waals surface area contributed by atoms with E-state index in [0.29, 0.717) is 29.5 Å². The summed E-state index contributed by atoms with van der Waals surface area (Å²) in [7, 11) is 1.74. The van der Waals surface area contributed by atoms with Gasteiger partial charge < -0.3 is 19.3 Å². The highest BCUT2D eigenvalue weighted by molar-refractivity contribution is 6.34. The smallest absolute Gasteiger partial charge is 0.266 e. The molecule has 8 nitrogen and oxygen atoms in total. The van der Waals surface area contributed by atoms with Crippen LogP contribution < -0.4 is 4.90 Å². The highest BCUT2D eigenvalue weighted by Crippen LogP contribution is 2.43. The number of nitrogens with zero attached hydrogens (tertiary/aromatic N) is 2. The van der Waals surface area contributed by atoms with E-state index in [1.54, 1.807) is 37.4 Å². The molecule has 3 aliphatic rings. The van der Waals surface area contributed by atoms with Crippen molar-refractivity contribution in [3.05, 3.63) is 101 Å². The number of likely N-dealkylation sites (tertiary alicyclic amines) is 1. The van der Waals surface area contributed by atoms with Crippen molar-refractivity contribution in [2.24, 2.45) is 5.92 Å². The SMILES string of the molecule is COC[C@@H]1CCCN1C[C@@H]1O[C@H](c2cccc(N3C(=O)c4ccccc4C3=O)c2)O[C@H](c2ccc(CO)cc2)[C@@H]1C. The lowest BCUT2D eigenvalue weighted by molar-refractivity contribution is -0.276. The number of fused-ring (bicyclic) bond motifs is 1. The summed E-state index contributed by atoms with van der Waals surface area (Å²) in [6.45, 7) is 4.57. The van der Waals surface area contributed by atoms with Crippen LogP contribution in [0.2, 0.25) is 0 Å². The van der Waals surface area contributed by atoms with E-state index in [4.69, 9.17) is 14.2 Å². The zero-order valence-corrected chi connectivity index (χ0v) is 23.4. The zero-order valence-electron chi connectivity index (χ0n) is 23.4. The van der Waals surface area contributed by atoms with Crippen LogP contribution in [0.1, 0.15) is 69.6 Å². The third-order valence-electron chi connectivity index (χ3n) is 8.59. The van der Waals surface area contributed by atoms with Crippen LogP contribution in [0.25, 0.3) is 0 Å². The number of imide groups is 1. The van der Waals surface area contributed by atoms with Crippen LogP contribution in [0.5, 0.6) is 0 Å². The summed E-state index contributed by atoms with van der Waals surface area (Å²) >= 11 is 0. The Morgan fingerprint density at radius 3 is 2.34 bits per heavy atom. The highest BCUT2D eigenvalue weighted by atomic mass is 16.7. The van der Waals surface area contributed by atoms with Gasteiger partial charge in [0.05, 0.1) is 42.2 Å². The monoisotopic (exact) mass is 556 g/mol. The number of aliphatic hydroxyl groups excluding tert-OH is 1. The molecular formula is C33H36N2O6. The number of carbonyl (C=O) groups excluding carboxylic acids is 2. The van der Waals surface area contributed by atoms with Gasteiger partial charge in [0.15, 0.2) is 6.29 Å². The van der Waals surface area contributed by atoms with Gasteiger partial charge >= 0.3 is 0 Å². The quantitative estimate of drug-likeness (QED) is 0.396. The molecule has 0 unspecified atom stereocenters. The molecular weight excluding hydrogens is 520 g/mol. The summed E-state index contributed by atoms with van der Waals surface area (Å²) in [6.07, 6.45) is 1.15. The summed E-state index contributed by atoms with van der Waals surface area (Å²) in [5.41, 5.74) is 3.89. The predicted molar refractivity (Wildman–Crippen MR) is 153 cm³/mol. The number of hydrogen-bond acceptors (Lipinski definition) is 7. The van der Waals surface area contributed by atoms with Gasteiger partial charge in [-0.15, -0.1) is 0 Å². The van der Waals surface area contributed by atoms with Gasteiger partial charge in [0.25, 0.3) is 11.8 Å². The van der Waals surface area contributed by atoms with E-state index >= 15 is 0 Å². The molecule has 0 aromatic heterocycles. The minimum absolute atomic E-state index is 0.0177. The number of rotatable bonds is 8. The second kappa shape index (κ2) is 11.8. The molecule has 6 rings (SSSR count). The predicted octanol–water partition coefficient (Wildman–Crippen LogP) is 4.88. The summed E-state index contributed by atoms with van der Waals surface area (Å²) in [4.78, 5) is 30.0. The van der Waals surface area contributed by atoms with Crippen molar-refractivity contribution in [3.63, 3.8) is 0 Å². The Balaban J connectivity index is 1.30. The van der Waals surface area contributed by atoms with Crippen LogP contribution in [-0.2, 0) is 20.8 Å². The Labute approximate surface area is 240 Å². The third-order valence-corrected chi connectivity index (χ3v) is 8.59. The molecule has 2 fully saturated rings. The molecule has 0 aliphatic carbocycles. The average Bonchev–Trinajstić information content (AvgIpc) is 3.55. The maximum absolute atomic E-state index is 13.2. The van der Waals surface area contributed by atoms with Crippen molar-refractivity contribution in [2.45, 2.75) is 50.9 Å². The molecule has 3 aliphatic heterocycles. The third kappa shape index (κ3) is 5.34. The minimum atomic E-state index is -0.697. The van der Waals surface area contributed by atoms with Gasteiger partial charge in [-0.05, 0) is 54.8 Å². The van der Waals surface area contributed by atoms with Gasteiger partial charge in [-0.25, -0.2) is 4.90 Å². The van der Waals surface area contributed by atoms with Gasteiger partial charge in [-0.2, -0.15) is 0 Å². The van der Waals surface area contributed by atoms with E-state index < -0.39 is 6.29 Å². The molecule has 214 valence electrons. The summed E-state index contributed by atoms with van der Waals surface area (Å²) in [5.74, 6) is -0.617. The molecule has 1 N–H and O–H groups in total. The molecule has 0 spiro atoms. The summed E-state index contributed by atoms with van der Waals surface area (Å²) in [6, 6.07) is 22.4. The largest absolute Gasteiger partial charge is 0.392 e. The van der Waals surface area contributed by atoms with Crippen molar-refractivity contribution in [3.8, 4) is 0 Å². The molecule has 0 bridgehead atoms. The maximum atomic E-state index is 13.2. The number of carbonyl (C=O) groups is 2. The number of anilines is 1. The van der Waals surface area contributed by atoms with Crippen molar-refractivity contribution in [2.75, 3.05) is 31.7 Å². The van der Waals surface area contributed by atoms with Gasteiger partial charge in [0.2, 0.25) is 0 Å². The Morgan fingerprint density at radius 1 is 0.927 bits per heavy atom. The van der Waals surface area contributed by atoms with Crippen molar-refractivity contribution < 1.29 is 28.9 Å². The number of benzene rings is 3. The van der Waals surface area contributed by atoms with Crippen LogP contribution in [0.15, 0.2) is 72.8 Å². The highest BCUT2D eigenvalue weighted by Gasteiger charge is 2.41. The number of hydrogen-bond donors (Lipinski definition) is 1. The maximum Gasteiger partial charge on any atom is 0.266 e. The molecule has 5 atom stereocenters. The van der Waals surface area contributed by atoms with Crippen molar-refractivity contribution >= 4 is 17.5 Å². The fraction of sp³-hybridized carbons (Fsp3) is 0.394. The van der Waals surface area contributed by atoms with E-state index in [-0.39, 0.29) is 36.5 Å². The van der Waals surface area contributed by atoms with E-state index in [0.717, 1.165) is 42.6 Å². The molecule has 3 heterocycles. The first-order valence-electron chi connectivity index (χ1n) is 14.3. The first-order valence-corrected chi connectivity index (χ1v) is 14.3. The van der Waals surface area contributed by atoms with E-state index in [2.05, 4.69) is 11.8 Å². The van der Waals surface area contributed by atoms with Crippen LogP contribution >= 0.6 is 0 Å². The number of amides is 2. The standard InChI is InChI=1S/C33H36N2O6/c1-21-29(18-34-16-6-9-26(34)20-39-2)40-33(41-30(21)23-14-12-22(19-36)13-15-23)24-7-5-8-25(17-24)35-31(37)27-10-3-4-11-28(27)32(35)38/h3-5,7-8,10-15,17,21,26,29-30,33,36H,6,9,16,18-20H2,1-2H3/t21-,26+,29+,30+,33+/m1/s1. The van der Waals surface area contributed by atoms with Gasteiger partial charge in [-0.3, -0.25) is 14.5 Å². The zero-order chi connectivity index (χ0) is 28.5. The molecule has 3 aromatic rings. The van der Waals surface area contributed by atoms with Crippen LogP contribution in [-0.4, -0.2) is 60.8 Å². The van der Waals surface area contributed by atoms with Gasteiger partial charge in [0, 0.05) is 31.2 Å². The van der Waals surface area contributed by atoms with E-state index in [1.165, 1.54) is 4.90 Å². The topological polar surface area (TPSA) is 88.5 Å². The lowest BCUT2D eigenvalue weighted by atomic mass is 9.90. The van der Waals surface area contributed by atoms with Crippen molar-refractivity contribution in [1.82, 2.24) is 4.90 Å². The Bertz CT molecular complexity index is 1370. The Morgan fingerprint density at radius 2 is 1.66 bits per heavy atom.